The minimum Gasteiger partial charge on any atom is -0.254 e. The minimum absolute atomic E-state index is 0.244. The average molecular weight is 396 g/mol. The van der Waals surface area contributed by atoms with E-state index >= 15 is 0 Å². The molecule has 2 aromatic carbocycles. The Morgan fingerprint density at radius 1 is 1.07 bits per heavy atom. The zero-order valence-corrected chi connectivity index (χ0v) is 17.6. The summed E-state index contributed by atoms with van der Waals surface area (Å²) in [6.07, 6.45) is 4.33. The molecule has 3 aromatic rings. The maximum Gasteiger partial charge on any atom is 0.145 e. The minimum atomic E-state index is -0.504. The Morgan fingerprint density at radius 3 is 2.63 bits per heavy atom. The van der Waals surface area contributed by atoms with E-state index in [-0.39, 0.29) is 5.82 Å². The lowest BCUT2D eigenvalue weighted by Crippen LogP contribution is -2.12. The predicted molar refractivity (Wildman–Crippen MR) is 115 cm³/mol. The van der Waals surface area contributed by atoms with E-state index in [4.69, 9.17) is 11.6 Å². The largest absolute Gasteiger partial charge is 0.254 e. The van der Waals surface area contributed by atoms with Crippen molar-refractivity contribution >= 4 is 26.3 Å². The summed E-state index contributed by atoms with van der Waals surface area (Å²) < 4.78 is 14.1. The van der Waals surface area contributed by atoms with Crippen LogP contribution in [-0.4, -0.2) is 14.5 Å². The highest BCUT2D eigenvalue weighted by molar-refractivity contribution is 6.58. The zero-order chi connectivity index (χ0) is 19.1. The number of halogens is 2. The van der Waals surface area contributed by atoms with Gasteiger partial charge in [-0.25, -0.2) is 4.39 Å². The molecule has 0 aliphatic carbocycles. The molecule has 138 valence electrons. The maximum absolute atomic E-state index is 14.1. The third-order valence-electron chi connectivity index (χ3n) is 4.54. The van der Waals surface area contributed by atoms with Crippen molar-refractivity contribution in [3.8, 4) is 0 Å². The molecule has 1 aromatic heterocycles. The number of benzene rings is 2. The van der Waals surface area contributed by atoms with Gasteiger partial charge in [-0.05, 0) is 35.7 Å². The van der Waals surface area contributed by atoms with Gasteiger partial charge in [-0.15, -0.1) is 0 Å². The van der Waals surface area contributed by atoms with Crippen molar-refractivity contribution in [3.05, 3.63) is 106 Å². The summed E-state index contributed by atoms with van der Waals surface area (Å²) in [6.45, 7) is 2.11. The van der Waals surface area contributed by atoms with Crippen LogP contribution in [0.25, 0.3) is 0 Å². The summed E-state index contributed by atoms with van der Waals surface area (Å²) in [4.78, 5) is 4.52. The van der Waals surface area contributed by atoms with Crippen molar-refractivity contribution in [2.24, 2.45) is 0 Å². The van der Waals surface area contributed by atoms with E-state index in [0.29, 0.717) is 12.1 Å². The predicted octanol–water partition coefficient (Wildman–Crippen LogP) is 4.58. The zero-order valence-electron chi connectivity index (χ0n) is 15.5. The second kappa shape index (κ2) is 9.63. The van der Waals surface area contributed by atoms with Crippen LogP contribution in [0.3, 0.4) is 0 Å². The summed E-state index contributed by atoms with van der Waals surface area (Å²) in [6, 6.07) is 19.5. The summed E-state index contributed by atoms with van der Waals surface area (Å²) >= 11 is 6.29. The lowest BCUT2D eigenvalue weighted by Gasteiger charge is -2.05. The lowest BCUT2D eigenvalue weighted by molar-refractivity contribution is 0.602. The molecule has 0 atom stereocenters. The Labute approximate surface area is 167 Å². The quantitative estimate of drug-likeness (QED) is 0.533. The third kappa shape index (κ3) is 5.62. The molecular weight excluding hydrogens is 373 g/mol. The van der Waals surface area contributed by atoms with E-state index in [1.165, 1.54) is 16.8 Å². The summed E-state index contributed by atoms with van der Waals surface area (Å²) in [5.41, 5.74) is 5.91. The van der Waals surface area contributed by atoms with Gasteiger partial charge in [0.2, 0.25) is 0 Å². The highest BCUT2D eigenvalue weighted by atomic mass is 35.5. The fourth-order valence-corrected chi connectivity index (χ4v) is 4.63. The summed E-state index contributed by atoms with van der Waals surface area (Å²) in [5.74, 6) is -0.244. The average Bonchev–Trinajstić information content (AvgIpc) is 2.68. The molecule has 0 spiro atoms. The monoisotopic (exact) mass is 395 g/mol. The van der Waals surface area contributed by atoms with Crippen LogP contribution in [-0.2, 0) is 19.3 Å². The Kier molecular flexibility index (Phi) is 6.96. The van der Waals surface area contributed by atoms with E-state index < -0.39 is 9.52 Å². The number of pyridine rings is 1. The molecule has 4 heteroatoms. The first-order valence-electron chi connectivity index (χ1n) is 9.26. The highest BCUT2D eigenvalue weighted by Gasteiger charge is 2.06. The number of hydrogen-bond donors (Lipinski definition) is 0. The second-order valence-electron chi connectivity index (χ2n) is 6.55. The Morgan fingerprint density at radius 2 is 1.89 bits per heavy atom. The molecule has 1 nitrogen and oxygen atoms in total. The molecule has 0 saturated carbocycles. The van der Waals surface area contributed by atoms with Crippen LogP contribution >= 0.6 is 11.6 Å². The van der Waals surface area contributed by atoms with Crippen LogP contribution in [0.15, 0.2) is 72.4 Å². The first-order chi connectivity index (χ1) is 13.2. The lowest BCUT2D eigenvalue weighted by atomic mass is 10.1. The molecule has 0 fully saturated rings. The van der Waals surface area contributed by atoms with Crippen LogP contribution in [0, 0.1) is 5.82 Å². The number of nitrogens with zero attached hydrogens (tertiary/aromatic N) is 1. The number of rotatable bonds is 7. The molecule has 1 heterocycles. The normalized spacial score (nSPS) is 11.7. The summed E-state index contributed by atoms with van der Waals surface area (Å²) in [7, 11) is -0.504. The molecule has 0 aliphatic rings. The van der Waals surface area contributed by atoms with Gasteiger partial charge >= 0.3 is 0 Å². The van der Waals surface area contributed by atoms with Gasteiger partial charge in [0.05, 0.1) is 15.2 Å². The van der Waals surface area contributed by atoms with Gasteiger partial charge in [0.1, 0.15) is 5.82 Å². The van der Waals surface area contributed by atoms with Crippen LogP contribution in [0.1, 0.15) is 29.4 Å². The van der Waals surface area contributed by atoms with Gasteiger partial charge in [-0.2, -0.15) is 0 Å². The smallest absolute Gasteiger partial charge is 0.145 e. The van der Waals surface area contributed by atoms with Crippen molar-refractivity contribution in [1.29, 1.82) is 0 Å². The first kappa shape index (κ1) is 19.5. The standard InChI is InChI=1S/C23H23ClFNSi/c1-2-18-10-12-20(16-21(18)24)27-14-6-9-19-11-13-22(25)23(26-19)15-17-7-4-3-5-8-17/h3-8,10-14,16H,2,9,15,27H2,1H3. The molecular formula is C23H23ClFNSi. The molecule has 0 bridgehead atoms. The number of hydrogen-bond acceptors (Lipinski definition) is 1. The van der Waals surface area contributed by atoms with E-state index in [9.17, 15) is 4.39 Å². The Balaban J connectivity index is 1.61. The molecule has 0 unspecified atom stereocenters. The summed E-state index contributed by atoms with van der Waals surface area (Å²) in [5, 5.41) is 2.19. The first-order valence-corrected chi connectivity index (χ1v) is 11.2. The van der Waals surface area contributed by atoms with Gasteiger partial charge in [0.25, 0.3) is 0 Å². The third-order valence-corrected chi connectivity index (χ3v) is 6.37. The van der Waals surface area contributed by atoms with E-state index in [0.717, 1.165) is 29.1 Å². The molecule has 0 saturated heterocycles. The SMILES string of the molecule is CCc1ccc([SiH2]C=CCc2ccc(F)c(Cc3ccccc3)n2)cc1Cl. The molecule has 0 aliphatic heterocycles. The van der Waals surface area contributed by atoms with Crippen molar-refractivity contribution in [1.82, 2.24) is 4.98 Å². The van der Waals surface area contributed by atoms with Gasteiger partial charge < -0.3 is 0 Å². The van der Waals surface area contributed by atoms with E-state index in [2.05, 4.69) is 41.9 Å². The van der Waals surface area contributed by atoms with E-state index in [1.807, 2.05) is 30.3 Å². The van der Waals surface area contributed by atoms with Crippen LogP contribution in [0.5, 0.6) is 0 Å². The molecule has 27 heavy (non-hydrogen) atoms. The molecule has 0 N–H and O–H groups in total. The van der Waals surface area contributed by atoms with Crippen LogP contribution in [0.4, 0.5) is 4.39 Å². The van der Waals surface area contributed by atoms with E-state index in [1.54, 1.807) is 6.07 Å². The van der Waals surface area contributed by atoms with Gasteiger partial charge in [0, 0.05) is 23.6 Å². The van der Waals surface area contributed by atoms with Crippen LogP contribution < -0.4 is 5.19 Å². The highest BCUT2D eigenvalue weighted by Crippen LogP contribution is 2.14. The fraction of sp³-hybridized carbons (Fsp3) is 0.174. The Hall–Kier alpha value is -2.23. The van der Waals surface area contributed by atoms with Crippen LogP contribution in [0.2, 0.25) is 5.02 Å². The second-order valence-corrected chi connectivity index (χ2v) is 8.66. The van der Waals surface area contributed by atoms with Gasteiger partial charge in [0.15, 0.2) is 0 Å². The topological polar surface area (TPSA) is 12.9 Å². The molecule has 0 amide bonds. The number of aromatic nitrogens is 1. The fourth-order valence-electron chi connectivity index (χ4n) is 2.98. The van der Waals surface area contributed by atoms with Gasteiger partial charge in [-0.3, -0.25) is 4.98 Å². The van der Waals surface area contributed by atoms with Crippen molar-refractivity contribution in [2.45, 2.75) is 26.2 Å². The number of aryl methyl sites for hydroxylation is 1. The van der Waals surface area contributed by atoms with Crippen molar-refractivity contribution in [2.75, 3.05) is 0 Å². The van der Waals surface area contributed by atoms with Gasteiger partial charge in [-0.1, -0.05) is 78.0 Å². The van der Waals surface area contributed by atoms with Crippen molar-refractivity contribution < 1.29 is 4.39 Å². The molecule has 3 rings (SSSR count). The number of allylic oxidation sites excluding steroid dienone is 1. The maximum atomic E-state index is 14.1. The van der Waals surface area contributed by atoms with Crippen molar-refractivity contribution in [3.63, 3.8) is 0 Å². The Bertz CT molecular complexity index is 925. The molecule has 0 radical (unpaired) electrons.